The van der Waals surface area contributed by atoms with Crippen LogP contribution in [-0.2, 0) is 6.54 Å². The fourth-order valence-electron chi connectivity index (χ4n) is 4.43. The molecule has 2 aliphatic heterocycles. The number of aromatic nitrogens is 5. The van der Waals surface area contributed by atoms with Gasteiger partial charge in [0.2, 0.25) is 0 Å². The fraction of sp³-hybridized carbons (Fsp3) is 0.500. The van der Waals surface area contributed by atoms with Gasteiger partial charge in [0, 0.05) is 24.7 Å². The molecule has 8 heteroatoms. The molecule has 1 fully saturated rings. The minimum Gasteiger partial charge on any atom is -0.491 e. The fourth-order valence-corrected chi connectivity index (χ4v) is 4.43. The van der Waals surface area contributed by atoms with Gasteiger partial charge < -0.3 is 19.7 Å². The van der Waals surface area contributed by atoms with E-state index < -0.39 is 0 Å². The number of nitrogens with one attached hydrogen (secondary N) is 1. The van der Waals surface area contributed by atoms with Gasteiger partial charge in [0.05, 0.1) is 18.2 Å². The smallest absolute Gasteiger partial charge is 0.178 e. The van der Waals surface area contributed by atoms with E-state index in [0.717, 1.165) is 59.6 Å². The van der Waals surface area contributed by atoms with Crippen molar-refractivity contribution in [1.82, 2.24) is 29.6 Å². The van der Waals surface area contributed by atoms with Crippen LogP contribution in [0.3, 0.4) is 0 Å². The number of ether oxygens (including phenoxy) is 1. The van der Waals surface area contributed by atoms with Crippen molar-refractivity contribution in [3.05, 3.63) is 35.8 Å². The molecule has 0 radical (unpaired) electrons. The van der Waals surface area contributed by atoms with Crippen molar-refractivity contribution in [3.63, 3.8) is 0 Å². The summed E-state index contributed by atoms with van der Waals surface area (Å²) < 4.78 is 10.1. The third kappa shape index (κ3) is 3.30. The van der Waals surface area contributed by atoms with Crippen LogP contribution >= 0.6 is 0 Å². The van der Waals surface area contributed by atoms with Crippen LogP contribution in [0.4, 0.5) is 0 Å². The number of piperidine rings is 1. The lowest BCUT2D eigenvalue weighted by atomic mass is 9.87. The van der Waals surface area contributed by atoms with E-state index in [1.165, 1.54) is 0 Å². The Morgan fingerprint density at radius 1 is 1.23 bits per heavy atom. The molecule has 0 saturated carbocycles. The molecule has 0 unspecified atom stereocenters. The predicted octanol–water partition coefficient (Wildman–Crippen LogP) is 2.53. The highest BCUT2D eigenvalue weighted by Crippen LogP contribution is 2.37. The number of hydrogen-bond acceptors (Lipinski definition) is 6. The number of aliphatic hydroxyl groups is 1. The number of imidazole rings is 1. The lowest BCUT2D eigenvalue weighted by Gasteiger charge is -2.29. The SMILES string of the molecule is Cc1nc(-c2cn3c(n2)-c2ccc([C@@H]4CCNC[C@@H]4O)cc2OCC3)n(C(C)C)n1. The second kappa shape index (κ2) is 7.52. The molecule has 0 bridgehead atoms. The maximum atomic E-state index is 10.4. The summed E-state index contributed by atoms with van der Waals surface area (Å²) in [5.41, 5.74) is 2.92. The molecule has 0 aliphatic carbocycles. The van der Waals surface area contributed by atoms with Crippen LogP contribution in [0.15, 0.2) is 24.4 Å². The molecule has 4 heterocycles. The molecule has 1 aromatic carbocycles. The van der Waals surface area contributed by atoms with E-state index in [9.17, 15) is 5.11 Å². The summed E-state index contributed by atoms with van der Waals surface area (Å²) in [7, 11) is 0. The predicted molar refractivity (Wildman–Crippen MR) is 114 cm³/mol. The van der Waals surface area contributed by atoms with Crippen molar-refractivity contribution in [2.45, 2.75) is 51.8 Å². The average Bonchev–Trinajstić information content (AvgIpc) is 3.28. The van der Waals surface area contributed by atoms with E-state index >= 15 is 0 Å². The number of rotatable bonds is 3. The molecule has 2 aromatic heterocycles. The summed E-state index contributed by atoms with van der Waals surface area (Å²) in [6.07, 6.45) is 2.59. The summed E-state index contributed by atoms with van der Waals surface area (Å²) in [6, 6.07) is 6.47. The second-order valence-corrected chi connectivity index (χ2v) is 8.43. The third-order valence-electron chi connectivity index (χ3n) is 5.95. The van der Waals surface area contributed by atoms with Crippen LogP contribution in [0.1, 0.15) is 43.6 Å². The topological polar surface area (TPSA) is 90.0 Å². The van der Waals surface area contributed by atoms with Gasteiger partial charge in [0.15, 0.2) is 5.82 Å². The molecule has 8 nitrogen and oxygen atoms in total. The lowest BCUT2D eigenvalue weighted by molar-refractivity contribution is 0.118. The van der Waals surface area contributed by atoms with Gasteiger partial charge in [-0.2, -0.15) is 5.10 Å². The van der Waals surface area contributed by atoms with Gasteiger partial charge in [0.1, 0.15) is 29.7 Å². The van der Waals surface area contributed by atoms with Crippen molar-refractivity contribution in [3.8, 4) is 28.7 Å². The van der Waals surface area contributed by atoms with Crippen LogP contribution < -0.4 is 10.1 Å². The number of aliphatic hydroxyl groups excluding tert-OH is 1. The maximum absolute atomic E-state index is 10.4. The monoisotopic (exact) mass is 408 g/mol. The number of hydrogen-bond donors (Lipinski definition) is 2. The summed E-state index contributed by atoms with van der Waals surface area (Å²) in [5.74, 6) is 3.38. The largest absolute Gasteiger partial charge is 0.491 e. The summed E-state index contributed by atoms with van der Waals surface area (Å²) in [6.45, 7) is 8.94. The maximum Gasteiger partial charge on any atom is 0.178 e. The minimum atomic E-state index is -0.373. The van der Waals surface area contributed by atoms with Crippen molar-refractivity contribution in [2.75, 3.05) is 19.7 Å². The first-order valence-electron chi connectivity index (χ1n) is 10.7. The number of benzene rings is 1. The molecule has 3 aromatic rings. The molecule has 2 N–H and O–H groups in total. The summed E-state index contributed by atoms with van der Waals surface area (Å²) in [5, 5.41) is 18.2. The quantitative estimate of drug-likeness (QED) is 0.692. The first-order valence-corrected chi connectivity index (χ1v) is 10.7. The molecule has 5 rings (SSSR count). The highest BCUT2D eigenvalue weighted by Gasteiger charge is 2.27. The Kier molecular flexibility index (Phi) is 4.83. The Hall–Kier alpha value is -2.71. The Bertz CT molecular complexity index is 1070. The molecule has 2 atom stereocenters. The van der Waals surface area contributed by atoms with Crippen molar-refractivity contribution in [2.24, 2.45) is 0 Å². The van der Waals surface area contributed by atoms with Crippen LogP contribution in [0, 0.1) is 6.92 Å². The minimum absolute atomic E-state index is 0.131. The first kappa shape index (κ1) is 19.3. The van der Waals surface area contributed by atoms with E-state index in [1.54, 1.807) is 0 Å². The molecule has 2 aliphatic rings. The van der Waals surface area contributed by atoms with E-state index in [-0.39, 0.29) is 18.1 Å². The Morgan fingerprint density at radius 2 is 2.10 bits per heavy atom. The molecule has 0 spiro atoms. The lowest BCUT2D eigenvalue weighted by Crippen LogP contribution is -2.39. The van der Waals surface area contributed by atoms with Gasteiger partial charge in [0.25, 0.3) is 0 Å². The molecule has 0 amide bonds. The van der Waals surface area contributed by atoms with Crippen LogP contribution in [0.5, 0.6) is 5.75 Å². The zero-order valence-corrected chi connectivity index (χ0v) is 17.7. The number of β-amino-alcohol motifs (C(OH)–C–C–N with tert-alkyl or cyclic N) is 1. The molecule has 158 valence electrons. The van der Waals surface area contributed by atoms with Gasteiger partial charge in [-0.1, -0.05) is 6.07 Å². The first-order chi connectivity index (χ1) is 14.5. The van der Waals surface area contributed by atoms with Gasteiger partial charge in [-0.25, -0.2) is 14.6 Å². The highest BCUT2D eigenvalue weighted by atomic mass is 16.5. The molecule has 1 saturated heterocycles. The van der Waals surface area contributed by atoms with Gasteiger partial charge in [-0.15, -0.1) is 0 Å². The van der Waals surface area contributed by atoms with Crippen molar-refractivity contribution in [1.29, 1.82) is 0 Å². The number of nitrogens with zero attached hydrogens (tertiary/aromatic N) is 5. The van der Waals surface area contributed by atoms with Crippen molar-refractivity contribution >= 4 is 0 Å². The van der Waals surface area contributed by atoms with E-state index in [0.29, 0.717) is 13.2 Å². The normalized spacial score (nSPS) is 21.1. The Balaban J connectivity index is 1.55. The Morgan fingerprint density at radius 3 is 2.90 bits per heavy atom. The van der Waals surface area contributed by atoms with E-state index in [4.69, 9.17) is 9.72 Å². The summed E-state index contributed by atoms with van der Waals surface area (Å²) in [4.78, 5) is 9.56. The molecular formula is C22H28N6O2. The average molecular weight is 409 g/mol. The van der Waals surface area contributed by atoms with Crippen LogP contribution in [0.25, 0.3) is 22.9 Å². The second-order valence-electron chi connectivity index (χ2n) is 8.43. The summed E-state index contributed by atoms with van der Waals surface area (Å²) >= 11 is 0. The number of fused-ring (bicyclic) bond motifs is 3. The molecule has 30 heavy (non-hydrogen) atoms. The van der Waals surface area contributed by atoms with Gasteiger partial charge in [-0.3, -0.25) is 0 Å². The zero-order chi connectivity index (χ0) is 20.8. The standard InChI is InChI=1S/C22H28N6O2/c1-13(2)28-22(24-14(3)26-28)18-12-27-8-9-30-20-10-15(4-5-17(20)21(27)25-18)16-6-7-23-11-19(16)29/h4-5,10,12-13,16,19,23,29H,6-9,11H2,1-3H3/t16-,19-/m0/s1. The molecular weight excluding hydrogens is 380 g/mol. The van der Waals surface area contributed by atoms with E-state index in [2.05, 4.69) is 52.0 Å². The van der Waals surface area contributed by atoms with Gasteiger partial charge in [-0.05, 0) is 51.4 Å². The third-order valence-corrected chi connectivity index (χ3v) is 5.95. The zero-order valence-electron chi connectivity index (χ0n) is 17.7. The van der Waals surface area contributed by atoms with Gasteiger partial charge >= 0.3 is 0 Å². The van der Waals surface area contributed by atoms with E-state index in [1.807, 2.05) is 17.8 Å². The Labute approximate surface area is 175 Å². The highest BCUT2D eigenvalue weighted by molar-refractivity contribution is 5.69. The van der Waals surface area contributed by atoms with Crippen molar-refractivity contribution < 1.29 is 9.84 Å². The number of aryl methyl sites for hydroxylation is 1. The van der Waals surface area contributed by atoms with Crippen LogP contribution in [-0.4, -0.2) is 55.2 Å². The van der Waals surface area contributed by atoms with Crippen LogP contribution in [0.2, 0.25) is 0 Å².